The Bertz CT molecular complexity index is 882. The quantitative estimate of drug-likeness (QED) is 0.744. The van der Waals surface area contributed by atoms with Crippen LogP contribution in [0.4, 0.5) is 11.4 Å². The number of hydrogen-bond acceptors (Lipinski definition) is 3. The fraction of sp³-hybridized carbons (Fsp3) is 0.143. The first kappa shape index (κ1) is 17.5. The van der Waals surface area contributed by atoms with Gasteiger partial charge in [0.25, 0.3) is 5.91 Å². The largest absolute Gasteiger partial charge is 0.467 e. The van der Waals surface area contributed by atoms with E-state index in [0.29, 0.717) is 23.6 Å². The molecule has 5 heteroatoms. The number of anilines is 2. The van der Waals surface area contributed by atoms with Crippen LogP contribution in [0.2, 0.25) is 0 Å². The van der Waals surface area contributed by atoms with Crippen molar-refractivity contribution in [3.8, 4) is 0 Å². The van der Waals surface area contributed by atoms with Crippen LogP contribution in [-0.4, -0.2) is 11.8 Å². The van der Waals surface area contributed by atoms with Crippen LogP contribution in [0, 0.1) is 6.92 Å². The summed E-state index contributed by atoms with van der Waals surface area (Å²) in [5.74, 6) is 0.414. The summed E-state index contributed by atoms with van der Waals surface area (Å²) in [7, 11) is 0. The molecule has 2 aromatic carbocycles. The molecule has 5 nitrogen and oxygen atoms in total. The molecule has 132 valence electrons. The second kappa shape index (κ2) is 7.70. The maximum absolute atomic E-state index is 13.1. The van der Waals surface area contributed by atoms with Gasteiger partial charge in [0.1, 0.15) is 5.76 Å². The van der Waals surface area contributed by atoms with Gasteiger partial charge in [-0.25, -0.2) is 0 Å². The summed E-state index contributed by atoms with van der Waals surface area (Å²) in [5.41, 5.74) is 3.11. The number of rotatable bonds is 5. The van der Waals surface area contributed by atoms with Crippen molar-refractivity contribution in [2.24, 2.45) is 0 Å². The lowest BCUT2D eigenvalue weighted by Gasteiger charge is -2.22. The van der Waals surface area contributed by atoms with E-state index in [9.17, 15) is 9.59 Å². The Labute approximate surface area is 152 Å². The van der Waals surface area contributed by atoms with Gasteiger partial charge in [-0.05, 0) is 55.5 Å². The van der Waals surface area contributed by atoms with Crippen LogP contribution in [0.25, 0.3) is 0 Å². The molecular formula is C21H20N2O3. The number of hydrogen-bond donors (Lipinski definition) is 1. The molecule has 0 aliphatic heterocycles. The molecule has 0 spiro atoms. The van der Waals surface area contributed by atoms with Gasteiger partial charge in [-0.15, -0.1) is 0 Å². The Morgan fingerprint density at radius 2 is 1.69 bits per heavy atom. The van der Waals surface area contributed by atoms with Gasteiger partial charge < -0.3 is 14.6 Å². The van der Waals surface area contributed by atoms with Crippen LogP contribution < -0.4 is 10.2 Å². The summed E-state index contributed by atoms with van der Waals surface area (Å²) in [6.45, 7) is 3.78. The van der Waals surface area contributed by atoms with Gasteiger partial charge in [0.2, 0.25) is 5.91 Å². The highest BCUT2D eigenvalue weighted by molar-refractivity contribution is 6.06. The molecule has 26 heavy (non-hydrogen) atoms. The van der Waals surface area contributed by atoms with Gasteiger partial charge in [0, 0.05) is 23.9 Å². The van der Waals surface area contributed by atoms with E-state index in [-0.39, 0.29) is 11.8 Å². The molecule has 0 radical (unpaired) electrons. The highest BCUT2D eigenvalue weighted by atomic mass is 16.3. The van der Waals surface area contributed by atoms with E-state index in [1.54, 1.807) is 41.5 Å². The minimum Gasteiger partial charge on any atom is -0.467 e. The lowest BCUT2D eigenvalue weighted by molar-refractivity contribution is -0.114. The molecule has 0 aliphatic rings. The molecule has 1 N–H and O–H groups in total. The first-order valence-electron chi connectivity index (χ1n) is 8.31. The number of nitrogens with one attached hydrogen (secondary N) is 1. The van der Waals surface area contributed by atoms with Gasteiger partial charge in [-0.2, -0.15) is 0 Å². The maximum atomic E-state index is 13.1. The second-order valence-electron chi connectivity index (χ2n) is 6.06. The summed E-state index contributed by atoms with van der Waals surface area (Å²) in [4.78, 5) is 25.9. The zero-order chi connectivity index (χ0) is 18.5. The van der Waals surface area contributed by atoms with Crippen molar-refractivity contribution in [1.82, 2.24) is 0 Å². The van der Waals surface area contributed by atoms with E-state index in [1.807, 2.05) is 37.3 Å². The predicted octanol–water partition coefficient (Wildman–Crippen LogP) is 4.39. The summed E-state index contributed by atoms with van der Waals surface area (Å²) >= 11 is 0. The molecule has 3 aromatic rings. The second-order valence-corrected chi connectivity index (χ2v) is 6.06. The number of carbonyl (C=O) groups is 2. The van der Waals surface area contributed by atoms with Gasteiger partial charge in [0.15, 0.2) is 0 Å². The van der Waals surface area contributed by atoms with Gasteiger partial charge in [0.05, 0.1) is 12.8 Å². The minimum absolute atomic E-state index is 0.139. The number of benzene rings is 2. The van der Waals surface area contributed by atoms with E-state index < -0.39 is 0 Å². The van der Waals surface area contributed by atoms with Crippen LogP contribution in [0.3, 0.4) is 0 Å². The lowest BCUT2D eigenvalue weighted by Crippen LogP contribution is -2.30. The van der Waals surface area contributed by atoms with E-state index in [2.05, 4.69) is 5.32 Å². The zero-order valence-electron chi connectivity index (χ0n) is 14.7. The summed E-state index contributed by atoms with van der Waals surface area (Å²) in [6, 6.07) is 18.3. The smallest absolute Gasteiger partial charge is 0.258 e. The van der Waals surface area contributed by atoms with Crippen molar-refractivity contribution in [3.63, 3.8) is 0 Å². The molecule has 0 fully saturated rings. The molecule has 0 atom stereocenters. The highest BCUT2D eigenvalue weighted by Gasteiger charge is 2.19. The summed E-state index contributed by atoms with van der Waals surface area (Å²) in [5, 5.41) is 2.70. The minimum atomic E-state index is -0.150. The average Bonchev–Trinajstić information content (AvgIpc) is 3.13. The third-order valence-electron chi connectivity index (χ3n) is 3.94. The van der Waals surface area contributed by atoms with Gasteiger partial charge >= 0.3 is 0 Å². The molecule has 0 aliphatic carbocycles. The normalized spacial score (nSPS) is 10.4. The fourth-order valence-electron chi connectivity index (χ4n) is 2.62. The van der Waals surface area contributed by atoms with Crippen LogP contribution in [0.1, 0.15) is 28.6 Å². The Hall–Kier alpha value is -3.34. The first-order chi connectivity index (χ1) is 12.5. The fourth-order valence-corrected chi connectivity index (χ4v) is 2.62. The van der Waals surface area contributed by atoms with Crippen molar-refractivity contribution in [2.75, 3.05) is 10.2 Å². The van der Waals surface area contributed by atoms with Crippen molar-refractivity contribution < 1.29 is 14.0 Å². The van der Waals surface area contributed by atoms with Crippen LogP contribution in [0.15, 0.2) is 71.3 Å². The Morgan fingerprint density at radius 1 is 1.00 bits per heavy atom. The molecule has 0 bridgehead atoms. The SMILES string of the molecule is CC(=O)Nc1ccc(C(=O)N(Cc2ccco2)c2ccc(C)cc2)cc1. The topological polar surface area (TPSA) is 62.6 Å². The number of nitrogens with zero attached hydrogens (tertiary/aromatic N) is 1. The molecule has 1 aromatic heterocycles. The Kier molecular flexibility index (Phi) is 5.17. The average molecular weight is 348 g/mol. The molecule has 0 saturated heterocycles. The van der Waals surface area contributed by atoms with Crippen molar-refractivity contribution in [1.29, 1.82) is 0 Å². The Balaban J connectivity index is 1.88. The highest BCUT2D eigenvalue weighted by Crippen LogP contribution is 2.22. The lowest BCUT2D eigenvalue weighted by atomic mass is 10.1. The van der Waals surface area contributed by atoms with Crippen molar-refractivity contribution in [2.45, 2.75) is 20.4 Å². The van der Waals surface area contributed by atoms with E-state index in [1.165, 1.54) is 6.92 Å². The monoisotopic (exact) mass is 348 g/mol. The predicted molar refractivity (Wildman–Crippen MR) is 101 cm³/mol. The standard InChI is InChI=1S/C21H20N2O3/c1-15-5-11-19(12-6-15)23(14-20-4-3-13-26-20)21(25)17-7-9-18(10-8-17)22-16(2)24/h3-13H,14H2,1-2H3,(H,22,24). The molecular weight excluding hydrogens is 328 g/mol. The van der Waals surface area contributed by atoms with Crippen molar-refractivity contribution in [3.05, 3.63) is 83.8 Å². The number of amides is 2. The van der Waals surface area contributed by atoms with Gasteiger partial charge in [-0.3, -0.25) is 9.59 Å². The van der Waals surface area contributed by atoms with Crippen LogP contribution >= 0.6 is 0 Å². The molecule has 0 saturated carbocycles. The third-order valence-corrected chi connectivity index (χ3v) is 3.94. The first-order valence-corrected chi connectivity index (χ1v) is 8.31. The third kappa shape index (κ3) is 4.19. The van der Waals surface area contributed by atoms with E-state index >= 15 is 0 Å². The zero-order valence-corrected chi connectivity index (χ0v) is 14.7. The van der Waals surface area contributed by atoms with E-state index in [4.69, 9.17) is 4.42 Å². The molecule has 1 heterocycles. The maximum Gasteiger partial charge on any atom is 0.258 e. The molecule has 3 rings (SSSR count). The Morgan fingerprint density at radius 3 is 2.27 bits per heavy atom. The number of carbonyl (C=O) groups excluding carboxylic acids is 2. The number of furan rings is 1. The number of aryl methyl sites for hydroxylation is 1. The van der Waals surface area contributed by atoms with Crippen LogP contribution in [-0.2, 0) is 11.3 Å². The van der Waals surface area contributed by atoms with Crippen LogP contribution in [0.5, 0.6) is 0 Å². The van der Waals surface area contributed by atoms with Gasteiger partial charge in [-0.1, -0.05) is 17.7 Å². The molecule has 2 amide bonds. The van der Waals surface area contributed by atoms with Crippen molar-refractivity contribution >= 4 is 23.2 Å². The summed E-state index contributed by atoms with van der Waals surface area (Å²) < 4.78 is 5.42. The molecule has 0 unspecified atom stereocenters. The summed E-state index contributed by atoms with van der Waals surface area (Å²) in [6.07, 6.45) is 1.59. The van der Waals surface area contributed by atoms with E-state index in [0.717, 1.165) is 11.3 Å².